The minimum absolute atomic E-state index is 0.0579. The molecule has 2 aliphatic heterocycles. The SMILES string of the molecule is Cc1cc(C(F)(F)F)c(C)nc1N1C(=O)C2CC(C)(F)CCN2C1=O. The number of halogens is 4. The van der Waals surface area contributed by atoms with Gasteiger partial charge in [0, 0.05) is 13.0 Å². The Balaban J connectivity index is 2.01. The van der Waals surface area contributed by atoms with Gasteiger partial charge in [-0.25, -0.2) is 19.1 Å². The second kappa shape index (κ2) is 5.40. The number of pyridine rings is 1. The molecule has 136 valence electrons. The lowest BCUT2D eigenvalue weighted by Crippen LogP contribution is -2.47. The van der Waals surface area contributed by atoms with Gasteiger partial charge in [0.2, 0.25) is 0 Å². The number of fused-ring (bicyclic) bond motifs is 1. The summed E-state index contributed by atoms with van der Waals surface area (Å²) in [5.41, 5.74) is -2.75. The van der Waals surface area contributed by atoms with Gasteiger partial charge in [-0.15, -0.1) is 0 Å². The Labute approximate surface area is 141 Å². The van der Waals surface area contributed by atoms with E-state index in [2.05, 4.69) is 4.98 Å². The molecule has 0 radical (unpaired) electrons. The molecule has 2 unspecified atom stereocenters. The van der Waals surface area contributed by atoms with Crippen LogP contribution in [0.5, 0.6) is 0 Å². The smallest absolute Gasteiger partial charge is 0.312 e. The van der Waals surface area contributed by atoms with Crippen LogP contribution in [0.15, 0.2) is 6.07 Å². The van der Waals surface area contributed by atoms with Gasteiger partial charge in [0.15, 0.2) is 0 Å². The maximum atomic E-state index is 14.2. The van der Waals surface area contributed by atoms with Gasteiger partial charge < -0.3 is 4.90 Å². The minimum atomic E-state index is -4.58. The van der Waals surface area contributed by atoms with E-state index in [1.54, 1.807) is 0 Å². The first-order valence-electron chi connectivity index (χ1n) is 7.81. The van der Waals surface area contributed by atoms with Crippen molar-refractivity contribution >= 4 is 17.8 Å². The average Bonchev–Trinajstić information content (AvgIpc) is 2.70. The first-order valence-corrected chi connectivity index (χ1v) is 7.81. The van der Waals surface area contributed by atoms with Gasteiger partial charge in [0.25, 0.3) is 5.91 Å². The second-order valence-corrected chi connectivity index (χ2v) is 6.79. The number of aromatic nitrogens is 1. The number of hydrogen-bond donors (Lipinski definition) is 0. The molecular weight excluding hydrogens is 342 g/mol. The molecule has 1 aromatic heterocycles. The minimum Gasteiger partial charge on any atom is -0.312 e. The number of urea groups is 1. The Bertz CT molecular complexity index is 760. The summed E-state index contributed by atoms with van der Waals surface area (Å²) in [5, 5.41) is 0. The highest BCUT2D eigenvalue weighted by molar-refractivity contribution is 6.21. The molecule has 25 heavy (non-hydrogen) atoms. The van der Waals surface area contributed by atoms with Gasteiger partial charge in [-0.3, -0.25) is 4.79 Å². The molecule has 0 saturated carbocycles. The van der Waals surface area contributed by atoms with Crippen LogP contribution in [0.25, 0.3) is 0 Å². The number of nitrogens with zero attached hydrogens (tertiary/aromatic N) is 3. The molecule has 0 bridgehead atoms. The van der Waals surface area contributed by atoms with Crippen molar-refractivity contribution in [1.82, 2.24) is 9.88 Å². The summed E-state index contributed by atoms with van der Waals surface area (Å²) in [4.78, 5) is 31.1. The Morgan fingerprint density at radius 2 is 1.92 bits per heavy atom. The van der Waals surface area contributed by atoms with Crippen LogP contribution in [0.1, 0.15) is 36.6 Å². The summed E-state index contributed by atoms with van der Waals surface area (Å²) in [7, 11) is 0. The van der Waals surface area contributed by atoms with Crippen LogP contribution < -0.4 is 4.90 Å². The number of piperidine rings is 1. The number of hydrogen-bond acceptors (Lipinski definition) is 3. The molecule has 1 aromatic rings. The monoisotopic (exact) mass is 359 g/mol. The molecule has 3 heterocycles. The van der Waals surface area contributed by atoms with E-state index in [1.807, 2.05) is 0 Å². The molecule has 0 spiro atoms. The normalized spacial score (nSPS) is 27.1. The largest absolute Gasteiger partial charge is 0.418 e. The van der Waals surface area contributed by atoms with Gasteiger partial charge in [0.05, 0.1) is 11.3 Å². The number of aryl methyl sites for hydroxylation is 2. The molecule has 5 nitrogen and oxygen atoms in total. The van der Waals surface area contributed by atoms with Crippen LogP contribution in [0, 0.1) is 13.8 Å². The van der Waals surface area contributed by atoms with Gasteiger partial charge in [-0.2, -0.15) is 13.2 Å². The number of amides is 3. The molecule has 3 amide bonds. The van der Waals surface area contributed by atoms with Gasteiger partial charge in [-0.1, -0.05) is 0 Å². The van der Waals surface area contributed by atoms with Gasteiger partial charge >= 0.3 is 12.2 Å². The van der Waals surface area contributed by atoms with Crippen molar-refractivity contribution < 1.29 is 27.2 Å². The van der Waals surface area contributed by atoms with E-state index in [1.165, 1.54) is 25.7 Å². The fourth-order valence-corrected chi connectivity index (χ4v) is 3.35. The van der Waals surface area contributed by atoms with Crippen molar-refractivity contribution in [2.75, 3.05) is 11.4 Å². The van der Waals surface area contributed by atoms with Gasteiger partial charge in [0.1, 0.15) is 17.5 Å². The summed E-state index contributed by atoms with van der Waals surface area (Å²) < 4.78 is 53.2. The van der Waals surface area contributed by atoms with Crippen LogP contribution >= 0.6 is 0 Å². The molecule has 2 saturated heterocycles. The third-order valence-electron chi connectivity index (χ3n) is 4.71. The van der Waals surface area contributed by atoms with Crippen LogP contribution in [0.3, 0.4) is 0 Å². The maximum Gasteiger partial charge on any atom is 0.418 e. The number of carbonyl (C=O) groups excluding carboxylic acids is 2. The highest BCUT2D eigenvalue weighted by Crippen LogP contribution is 2.38. The topological polar surface area (TPSA) is 53.5 Å². The second-order valence-electron chi connectivity index (χ2n) is 6.79. The fraction of sp³-hybridized carbons (Fsp3) is 0.562. The highest BCUT2D eigenvalue weighted by Gasteiger charge is 2.52. The van der Waals surface area contributed by atoms with Crippen molar-refractivity contribution in [3.63, 3.8) is 0 Å². The lowest BCUT2D eigenvalue weighted by molar-refractivity contribution is -0.138. The van der Waals surface area contributed by atoms with Crippen molar-refractivity contribution in [1.29, 1.82) is 0 Å². The van der Waals surface area contributed by atoms with Crippen molar-refractivity contribution in [3.8, 4) is 0 Å². The fourth-order valence-electron chi connectivity index (χ4n) is 3.35. The van der Waals surface area contributed by atoms with Crippen molar-refractivity contribution in [3.05, 3.63) is 22.9 Å². The molecule has 3 rings (SSSR count). The summed E-state index contributed by atoms with van der Waals surface area (Å²) in [6.07, 6.45) is -4.60. The third kappa shape index (κ3) is 2.85. The van der Waals surface area contributed by atoms with Crippen molar-refractivity contribution in [2.24, 2.45) is 0 Å². The number of anilines is 1. The summed E-state index contributed by atoms with van der Waals surface area (Å²) in [6, 6.07) is -0.741. The zero-order chi connectivity index (χ0) is 18.7. The Hall–Kier alpha value is -2.19. The van der Waals surface area contributed by atoms with E-state index < -0.39 is 35.4 Å². The zero-order valence-corrected chi connectivity index (χ0v) is 13.9. The summed E-state index contributed by atoms with van der Waals surface area (Å²) in [5.74, 6) is -0.779. The number of carbonyl (C=O) groups is 2. The summed E-state index contributed by atoms with van der Waals surface area (Å²) in [6.45, 7) is 3.98. The zero-order valence-electron chi connectivity index (χ0n) is 13.9. The molecule has 2 aliphatic rings. The van der Waals surface area contributed by atoms with E-state index >= 15 is 0 Å². The summed E-state index contributed by atoms with van der Waals surface area (Å²) >= 11 is 0. The first-order chi connectivity index (χ1) is 11.4. The van der Waals surface area contributed by atoms with Crippen LogP contribution in [0.2, 0.25) is 0 Å². The third-order valence-corrected chi connectivity index (χ3v) is 4.71. The number of imide groups is 1. The molecule has 2 atom stereocenters. The molecule has 0 aliphatic carbocycles. The number of alkyl halides is 4. The standard InChI is InChI=1S/C16H17F4N3O2/c1-8-6-10(16(18,19)20)9(2)21-12(8)23-13(24)11-7-15(3,17)4-5-22(11)14(23)25/h6,11H,4-5,7H2,1-3H3. The molecular formula is C16H17F4N3O2. The van der Waals surface area contributed by atoms with E-state index in [9.17, 15) is 27.2 Å². The molecule has 0 N–H and O–H groups in total. The Kier molecular flexibility index (Phi) is 3.81. The van der Waals surface area contributed by atoms with Crippen LogP contribution in [0.4, 0.5) is 28.2 Å². The van der Waals surface area contributed by atoms with E-state index in [-0.39, 0.29) is 36.5 Å². The average molecular weight is 359 g/mol. The first kappa shape index (κ1) is 17.6. The predicted octanol–water partition coefficient (Wildman–Crippen LogP) is 3.38. The lowest BCUT2D eigenvalue weighted by atomic mass is 9.90. The van der Waals surface area contributed by atoms with Gasteiger partial charge in [-0.05, 0) is 38.8 Å². The van der Waals surface area contributed by atoms with Crippen molar-refractivity contribution in [2.45, 2.75) is 51.5 Å². The molecule has 9 heteroatoms. The predicted molar refractivity (Wildman–Crippen MR) is 80.8 cm³/mol. The lowest BCUT2D eigenvalue weighted by Gasteiger charge is -2.34. The number of rotatable bonds is 1. The highest BCUT2D eigenvalue weighted by atomic mass is 19.4. The van der Waals surface area contributed by atoms with E-state index in [0.29, 0.717) is 0 Å². The van der Waals surface area contributed by atoms with E-state index in [0.717, 1.165) is 11.0 Å². The Morgan fingerprint density at radius 3 is 2.52 bits per heavy atom. The molecule has 2 fully saturated rings. The van der Waals surface area contributed by atoms with E-state index in [4.69, 9.17) is 0 Å². The maximum absolute atomic E-state index is 14.2. The van der Waals surface area contributed by atoms with Crippen LogP contribution in [-0.4, -0.2) is 40.1 Å². The van der Waals surface area contributed by atoms with Crippen LogP contribution in [-0.2, 0) is 11.0 Å². The Morgan fingerprint density at radius 1 is 1.28 bits per heavy atom. The quantitative estimate of drug-likeness (QED) is 0.571. The molecule has 0 aromatic carbocycles.